The molecule has 0 N–H and O–H groups in total. The fourth-order valence-electron chi connectivity index (χ4n) is 1.36. The molecule has 9 heteroatoms. The molecule has 0 saturated heterocycles. The average molecular weight is 361 g/mol. The Morgan fingerprint density at radius 2 is 2.15 bits per heavy atom. The van der Waals surface area contributed by atoms with E-state index in [1.165, 1.54) is 25.6 Å². The molecule has 7 nitrogen and oxygen atoms in total. The van der Waals surface area contributed by atoms with Crippen molar-refractivity contribution >= 4 is 33.2 Å². The van der Waals surface area contributed by atoms with Crippen LogP contribution < -0.4 is 9.47 Å². The number of methoxy groups -OCH3 is 1. The molecule has 104 valence electrons. The third-order valence-corrected chi connectivity index (χ3v) is 3.51. The molecule has 0 aliphatic rings. The minimum absolute atomic E-state index is 0.0197. The van der Waals surface area contributed by atoms with Gasteiger partial charge in [-0.3, -0.25) is 10.1 Å². The Balaban J connectivity index is 2.43. The van der Waals surface area contributed by atoms with E-state index in [9.17, 15) is 10.1 Å². The van der Waals surface area contributed by atoms with Crippen molar-refractivity contribution in [3.05, 3.63) is 44.3 Å². The number of nitro benzene ring substituents is 1. The first-order valence-electron chi connectivity index (χ1n) is 5.19. The van der Waals surface area contributed by atoms with Crippen LogP contribution in [-0.4, -0.2) is 22.0 Å². The molecule has 1 aromatic carbocycles. The van der Waals surface area contributed by atoms with Crippen LogP contribution in [0.2, 0.25) is 5.15 Å². The van der Waals surface area contributed by atoms with Crippen molar-refractivity contribution in [1.82, 2.24) is 9.97 Å². The lowest BCUT2D eigenvalue weighted by atomic mass is 10.3. The van der Waals surface area contributed by atoms with Crippen LogP contribution in [0.1, 0.15) is 0 Å². The Kier molecular flexibility index (Phi) is 4.35. The molecule has 0 saturated carbocycles. The summed E-state index contributed by atoms with van der Waals surface area (Å²) < 4.78 is 10.7. The highest BCUT2D eigenvalue weighted by atomic mass is 79.9. The Hall–Kier alpha value is -1.93. The zero-order chi connectivity index (χ0) is 14.7. The van der Waals surface area contributed by atoms with Crippen molar-refractivity contribution in [2.45, 2.75) is 0 Å². The molecule has 0 bridgehead atoms. The number of aromatic nitrogens is 2. The average Bonchev–Trinajstić information content (AvgIpc) is 2.44. The zero-order valence-electron chi connectivity index (χ0n) is 10.0. The zero-order valence-corrected chi connectivity index (χ0v) is 12.4. The predicted molar refractivity (Wildman–Crippen MR) is 74.5 cm³/mol. The molecular weight excluding hydrogens is 353 g/mol. The number of ether oxygens (including phenoxy) is 2. The van der Waals surface area contributed by atoms with Crippen molar-refractivity contribution in [2.75, 3.05) is 7.11 Å². The van der Waals surface area contributed by atoms with E-state index in [0.29, 0.717) is 10.2 Å². The van der Waals surface area contributed by atoms with Gasteiger partial charge in [-0.15, -0.1) is 0 Å². The summed E-state index contributed by atoms with van der Waals surface area (Å²) in [6.07, 6.45) is 1.19. The van der Waals surface area contributed by atoms with Gasteiger partial charge >= 0.3 is 5.69 Å². The van der Waals surface area contributed by atoms with E-state index in [-0.39, 0.29) is 22.5 Å². The van der Waals surface area contributed by atoms with E-state index in [0.717, 1.165) is 0 Å². The van der Waals surface area contributed by atoms with Crippen LogP contribution in [0.15, 0.2) is 29.0 Å². The number of halogens is 2. The number of nitro groups is 1. The maximum absolute atomic E-state index is 11.0. The summed E-state index contributed by atoms with van der Waals surface area (Å²) in [6.45, 7) is 0. The molecule has 0 atom stereocenters. The smallest absolute Gasteiger partial charge is 0.315 e. The Bertz CT molecular complexity index is 668. The first-order valence-corrected chi connectivity index (χ1v) is 6.36. The van der Waals surface area contributed by atoms with E-state index in [2.05, 4.69) is 25.9 Å². The van der Waals surface area contributed by atoms with Crippen molar-refractivity contribution in [3.63, 3.8) is 0 Å². The monoisotopic (exact) mass is 359 g/mol. The molecule has 0 fully saturated rings. The van der Waals surface area contributed by atoms with Gasteiger partial charge in [-0.25, -0.2) is 9.97 Å². The highest BCUT2D eigenvalue weighted by Gasteiger charge is 2.19. The summed E-state index contributed by atoms with van der Waals surface area (Å²) in [5, 5.41) is 11.2. The lowest BCUT2D eigenvalue weighted by Gasteiger charge is -2.08. The van der Waals surface area contributed by atoms with E-state index >= 15 is 0 Å². The molecule has 0 amide bonds. The van der Waals surface area contributed by atoms with Crippen molar-refractivity contribution in [1.29, 1.82) is 0 Å². The summed E-state index contributed by atoms with van der Waals surface area (Å²) in [5.41, 5.74) is -0.244. The molecule has 20 heavy (non-hydrogen) atoms. The molecule has 0 radical (unpaired) electrons. The van der Waals surface area contributed by atoms with Gasteiger partial charge in [-0.1, -0.05) is 11.6 Å². The molecular formula is C11H7BrClN3O4. The second-order valence-corrected chi connectivity index (χ2v) is 4.63. The van der Waals surface area contributed by atoms with Crippen molar-refractivity contribution < 1.29 is 14.4 Å². The van der Waals surface area contributed by atoms with Crippen molar-refractivity contribution in [2.24, 2.45) is 0 Å². The van der Waals surface area contributed by atoms with Gasteiger partial charge in [0.05, 0.1) is 18.1 Å². The summed E-state index contributed by atoms with van der Waals surface area (Å²) >= 11 is 8.95. The number of rotatable bonds is 4. The second kappa shape index (κ2) is 6.02. The van der Waals surface area contributed by atoms with Gasteiger partial charge in [0, 0.05) is 0 Å². The number of hydrogen-bond acceptors (Lipinski definition) is 6. The highest BCUT2D eigenvalue weighted by molar-refractivity contribution is 9.10. The summed E-state index contributed by atoms with van der Waals surface area (Å²) in [7, 11) is 1.42. The van der Waals surface area contributed by atoms with Gasteiger partial charge in [0.25, 0.3) is 0 Å². The highest BCUT2D eigenvalue weighted by Crippen LogP contribution is 2.37. The molecule has 0 unspecified atom stereocenters. The standard InChI is InChI=1S/C11H7BrClN3O4/c1-19-6-2-3-8(7(4-6)16(17)18)20-11-9(12)10(13)14-5-15-11/h2-5H,1H3. The summed E-state index contributed by atoms with van der Waals surface area (Å²) in [5.74, 6) is 0.452. The molecule has 0 aliphatic carbocycles. The summed E-state index contributed by atoms with van der Waals surface area (Å²) in [4.78, 5) is 18.1. The van der Waals surface area contributed by atoms with Gasteiger partial charge in [-0.2, -0.15) is 0 Å². The Morgan fingerprint density at radius 1 is 1.40 bits per heavy atom. The second-order valence-electron chi connectivity index (χ2n) is 3.48. The van der Waals surface area contributed by atoms with Gasteiger partial charge in [-0.05, 0) is 28.1 Å². The fraction of sp³-hybridized carbons (Fsp3) is 0.0909. The van der Waals surface area contributed by atoms with E-state index in [1.54, 1.807) is 6.07 Å². The normalized spacial score (nSPS) is 10.2. The minimum Gasteiger partial charge on any atom is -0.496 e. The van der Waals surface area contributed by atoms with E-state index < -0.39 is 4.92 Å². The third kappa shape index (κ3) is 2.97. The van der Waals surface area contributed by atoms with Crippen LogP contribution in [0.4, 0.5) is 5.69 Å². The lowest BCUT2D eigenvalue weighted by molar-refractivity contribution is -0.385. The SMILES string of the molecule is COc1ccc(Oc2ncnc(Cl)c2Br)c([N+](=O)[O-])c1. The summed E-state index contributed by atoms with van der Waals surface area (Å²) in [6, 6.07) is 4.21. The third-order valence-electron chi connectivity index (χ3n) is 2.28. The largest absolute Gasteiger partial charge is 0.496 e. The maximum Gasteiger partial charge on any atom is 0.315 e. The van der Waals surface area contributed by atoms with Gasteiger partial charge in [0.1, 0.15) is 16.5 Å². The molecule has 0 spiro atoms. The molecule has 1 aromatic heterocycles. The quantitative estimate of drug-likeness (QED) is 0.470. The van der Waals surface area contributed by atoms with Crippen LogP contribution in [0, 0.1) is 10.1 Å². The molecule has 1 heterocycles. The van der Waals surface area contributed by atoms with E-state index in [4.69, 9.17) is 21.1 Å². The van der Waals surface area contributed by atoms with Crippen LogP contribution in [0.3, 0.4) is 0 Å². The molecule has 2 aromatic rings. The first-order chi connectivity index (χ1) is 9.52. The van der Waals surface area contributed by atoms with Crippen LogP contribution in [-0.2, 0) is 0 Å². The first kappa shape index (κ1) is 14.5. The number of hydrogen-bond donors (Lipinski definition) is 0. The van der Waals surface area contributed by atoms with E-state index in [1.807, 2.05) is 0 Å². The Labute approximate surface area is 126 Å². The maximum atomic E-state index is 11.0. The van der Waals surface area contributed by atoms with Gasteiger partial charge in [0.2, 0.25) is 11.6 Å². The molecule has 2 rings (SSSR count). The molecule has 0 aliphatic heterocycles. The van der Waals surface area contributed by atoms with Crippen LogP contribution >= 0.6 is 27.5 Å². The predicted octanol–water partition coefficient (Wildman–Crippen LogP) is 3.60. The number of benzene rings is 1. The van der Waals surface area contributed by atoms with Crippen LogP contribution in [0.25, 0.3) is 0 Å². The van der Waals surface area contributed by atoms with Crippen LogP contribution in [0.5, 0.6) is 17.4 Å². The van der Waals surface area contributed by atoms with Crippen molar-refractivity contribution in [3.8, 4) is 17.4 Å². The van der Waals surface area contributed by atoms with Gasteiger partial charge < -0.3 is 9.47 Å². The lowest BCUT2D eigenvalue weighted by Crippen LogP contribution is -1.97. The fourth-order valence-corrected chi connectivity index (χ4v) is 1.77. The van der Waals surface area contributed by atoms with Gasteiger partial charge in [0.15, 0.2) is 5.15 Å². The Morgan fingerprint density at radius 3 is 2.80 bits per heavy atom. The minimum atomic E-state index is -0.575. The number of nitrogens with zero attached hydrogens (tertiary/aromatic N) is 3. The topological polar surface area (TPSA) is 87.4 Å².